The summed E-state index contributed by atoms with van der Waals surface area (Å²) in [6.07, 6.45) is -0.346. The summed E-state index contributed by atoms with van der Waals surface area (Å²) < 4.78 is 39.8. The number of carbonyl (C=O) groups excluding carboxylic acids is 1. The number of nitrogens with zero attached hydrogens (tertiary/aromatic N) is 3. The Morgan fingerprint density at radius 2 is 2.00 bits per heavy atom. The minimum atomic E-state index is -4.16. The van der Waals surface area contributed by atoms with Gasteiger partial charge in [-0.2, -0.15) is 18.3 Å². The maximum Gasteiger partial charge on any atom is 0.391 e. The van der Waals surface area contributed by atoms with E-state index >= 15 is 0 Å². The van der Waals surface area contributed by atoms with Crippen molar-refractivity contribution in [2.24, 2.45) is 5.92 Å². The van der Waals surface area contributed by atoms with Gasteiger partial charge < -0.3 is 10.2 Å². The standard InChI is InChI=1S/C15H21F3N4O/c16-15(17,18)11-3-7-21(8-4-11)14(23)13-5-9-22(20-13)12-2-1-6-19-10-12/h5,9,11-12,19H,1-4,6-8,10H2. The van der Waals surface area contributed by atoms with Crippen LogP contribution < -0.4 is 5.32 Å². The van der Waals surface area contributed by atoms with E-state index in [0.29, 0.717) is 5.69 Å². The van der Waals surface area contributed by atoms with Gasteiger partial charge in [-0.1, -0.05) is 0 Å². The van der Waals surface area contributed by atoms with Crippen LogP contribution in [-0.4, -0.2) is 52.9 Å². The third-order valence-electron chi connectivity index (χ3n) is 4.72. The zero-order valence-corrected chi connectivity index (χ0v) is 12.9. The van der Waals surface area contributed by atoms with E-state index in [1.54, 1.807) is 16.9 Å². The Balaban J connectivity index is 1.60. The largest absolute Gasteiger partial charge is 0.391 e. The van der Waals surface area contributed by atoms with Crippen molar-refractivity contribution in [2.75, 3.05) is 26.2 Å². The van der Waals surface area contributed by atoms with Crippen LogP contribution in [0.4, 0.5) is 13.2 Å². The number of hydrogen-bond donors (Lipinski definition) is 1. The van der Waals surface area contributed by atoms with Gasteiger partial charge in [-0.05, 0) is 38.3 Å². The molecule has 2 saturated heterocycles. The maximum absolute atomic E-state index is 12.7. The summed E-state index contributed by atoms with van der Waals surface area (Å²) in [7, 11) is 0. The van der Waals surface area contributed by atoms with Crippen molar-refractivity contribution in [2.45, 2.75) is 37.9 Å². The molecule has 1 atom stereocenters. The number of carbonyl (C=O) groups is 1. The molecule has 2 aliphatic heterocycles. The highest BCUT2D eigenvalue weighted by Gasteiger charge is 2.41. The number of piperidine rings is 2. The number of halogens is 3. The predicted octanol–water partition coefficient (Wildman–Crippen LogP) is 2.22. The fourth-order valence-corrected chi connectivity index (χ4v) is 3.29. The van der Waals surface area contributed by atoms with Crippen molar-refractivity contribution in [1.82, 2.24) is 20.0 Å². The van der Waals surface area contributed by atoms with Crippen LogP contribution in [0, 0.1) is 5.92 Å². The van der Waals surface area contributed by atoms with Crippen molar-refractivity contribution < 1.29 is 18.0 Å². The molecule has 2 aliphatic rings. The van der Waals surface area contributed by atoms with Crippen molar-refractivity contribution >= 4 is 5.91 Å². The van der Waals surface area contributed by atoms with Crippen LogP contribution in [0.3, 0.4) is 0 Å². The van der Waals surface area contributed by atoms with Crippen LogP contribution in [0.15, 0.2) is 12.3 Å². The van der Waals surface area contributed by atoms with E-state index in [1.807, 2.05) is 0 Å². The lowest BCUT2D eigenvalue weighted by atomic mass is 9.96. The molecule has 0 radical (unpaired) electrons. The fraction of sp³-hybridized carbons (Fsp3) is 0.733. The molecule has 0 spiro atoms. The number of rotatable bonds is 2. The topological polar surface area (TPSA) is 50.2 Å². The van der Waals surface area contributed by atoms with E-state index in [-0.39, 0.29) is 37.9 Å². The van der Waals surface area contributed by atoms with Crippen LogP contribution in [0.25, 0.3) is 0 Å². The molecule has 1 unspecified atom stereocenters. The molecule has 0 aromatic carbocycles. The van der Waals surface area contributed by atoms with Gasteiger partial charge >= 0.3 is 6.18 Å². The lowest BCUT2D eigenvalue weighted by Crippen LogP contribution is -2.42. The molecule has 1 N–H and O–H groups in total. The van der Waals surface area contributed by atoms with Gasteiger partial charge in [0, 0.05) is 25.8 Å². The van der Waals surface area contributed by atoms with Gasteiger partial charge in [0.05, 0.1) is 12.0 Å². The monoisotopic (exact) mass is 330 g/mol. The third kappa shape index (κ3) is 3.68. The van der Waals surface area contributed by atoms with E-state index in [2.05, 4.69) is 10.4 Å². The minimum absolute atomic E-state index is 0.0253. The molecule has 8 heteroatoms. The molecule has 1 aromatic rings. The quantitative estimate of drug-likeness (QED) is 0.905. The van der Waals surface area contributed by atoms with Gasteiger partial charge in [0.15, 0.2) is 0 Å². The summed E-state index contributed by atoms with van der Waals surface area (Å²) in [5, 5.41) is 7.63. The van der Waals surface area contributed by atoms with Crippen LogP contribution in [0.1, 0.15) is 42.2 Å². The highest BCUT2D eigenvalue weighted by Crippen LogP contribution is 2.34. The zero-order chi connectivity index (χ0) is 16.4. The lowest BCUT2D eigenvalue weighted by Gasteiger charge is -2.32. The highest BCUT2D eigenvalue weighted by molar-refractivity contribution is 5.92. The predicted molar refractivity (Wildman–Crippen MR) is 78.1 cm³/mol. The number of nitrogens with one attached hydrogen (secondary N) is 1. The molecule has 1 amide bonds. The van der Waals surface area contributed by atoms with Crippen molar-refractivity contribution in [3.8, 4) is 0 Å². The molecular formula is C15H21F3N4O. The lowest BCUT2D eigenvalue weighted by molar-refractivity contribution is -0.183. The number of aromatic nitrogens is 2. The van der Waals surface area contributed by atoms with Crippen LogP contribution in [0.5, 0.6) is 0 Å². The fourth-order valence-electron chi connectivity index (χ4n) is 3.29. The number of likely N-dealkylation sites (tertiary alicyclic amines) is 1. The van der Waals surface area contributed by atoms with E-state index in [1.165, 1.54) is 4.90 Å². The van der Waals surface area contributed by atoms with Gasteiger partial charge in [-0.3, -0.25) is 9.48 Å². The van der Waals surface area contributed by atoms with E-state index in [9.17, 15) is 18.0 Å². The molecule has 3 heterocycles. The van der Waals surface area contributed by atoms with Crippen molar-refractivity contribution in [3.63, 3.8) is 0 Å². The maximum atomic E-state index is 12.7. The van der Waals surface area contributed by atoms with E-state index in [0.717, 1.165) is 25.9 Å². The first-order chi connectivity index (χ1) is 10.9. The molecular weight excluding hydrogens is 309 g/mol. The Bertz CT molecular complexity index is 543. The molecule has 1 aromatic heterocycles. The molecule has 0 aliphatic carbocycles. The zero-order valence-electron chi connectivity index (χ0n) is 12.9. The molecule has 2 fully saturated rings. The first kappa shape index (κ1) is 16.3. The van der Waals surface area contributed by atoms with E-state index < -0.39 is 12.1 Å². The van der Waals surface area contributed by atoms with Gasteiger partial charge in [0.1, 0.15) is 5.69 Å². The summed E-state index contributed by atoms with van der Waals surface area (Å²) in [6.45, 7) is 2.10. The first-order valence-electron chi connectivity index (χ1n) is 8.07. The van der Waals surface area contributed by atoms with E-state index in [4.69, 9.17) is 0 Å². The third-order valence-corrected chi connectivity index (χ3v) is 4.72. The second-order valence-corrected chi connectivity index (χ2v) is 6.29. The van der Waals surface area contributed by atoms with Gasteiger partial charge in [0.2, 0.25) is 0 Å². The summed E-state index contributed by atoms with van der Waals surface area (Å²) in [6, 6.07) is 1.90. The summed E-state index contributed by atoms with van der Waals surface area (Å²) in [5.74, 6) is -1.56. The SMILES string of the molecule is O=C(c1ccn(C2CCCNC2)n1)N1CCC(C(F)(F)F)CC1. The second-order valence-electron chi connectivity index (χ2n) is 6.29. The minimum Gasteiger partial charge on any atom is -0.337 e. The van der Waals surface area contributed by atoms with Crippen molar-refractivity contribution in [1.29, 1.82) is 0 Å². The van der Waals surface area contributed by atoms with Crippen LogP contribution in [0.2, 0.25) is 0 Å². The Labute approximate surface area is 132 Å². The number of amides is 1. The second kappa shape index (κ2) is 6.51. The Morgan fingerprint density at radius 3 is 2.61 bits per heavy atom. The number of hydrogen-bond acceptors (Lipinski definition) is 3. The highest BCUT2D eigenvalue weighted by atomic mass is 19.4. The average molecular weight is 330 g/mol. The molecule has 23 heavy (non-hydrogen) atoms. The average Bonchev–Trinajstić information content (AvgIpc) is 3.04. The molecule has 0 saturated carbocycles. The normalized spacial score (nSPS) is 24.0. The Kier molecular flexibility index (Phi) is 4.61. The first-order valence-corrected chi connectivity index (χ1v) is 8.07. The smallest absolute Gasteiger partial charge is 0.337 e. The summed E-state index contributed by atoms with van der Waals surface area (Å²) >= 11 is 0. The van der Waals surface area contributed by atoms with Gasteiger partial charge in [-0.15, -0.1) is 0 Å². The van der Waals surface area contributed by atoms with Gasteiger partial charge in [-0.25, -0.2) is 0 Å². The Morgan fingerprint density at radius 1 is 1.26 bits per heavy atom. The molecule has 3 rings (SSSR count). The molecule has 0 bridgehead atoms. The van der Waals surface area contributed by atoms with Crippen LogP contribution >= 0.6 is 0 Å². The molecule has 5 nitrogen and oxygen atoms in total. The van der Waals surface area contributed by atoms with Crippen LogP contribution in [-0.2, 0) is 0 Å². The number of alkyl halides is 3. The molecule has 128 valence electrons. The Hall–Kier alpha value is -1.57. The summed E-state index contributed by atoms with van der Waals surface area (Å²) in [4.78, 5) is 13.9. The summed E-state index contributed by atoms with van der Waals surface area (Å²) in [5.41, 5.74) is 0.320. The van der Waals surface area contributed by atoms with Gasteiger partial charge in [0.25, 0.3) is 5.91 Å². The van der Waals surface area contributed by atoms with Crippen molar-refractivity contribution in [3.05, 3.63) is 18.0 Å².